The van der Waals surface area contributed by atoms with E-state index in [0.29, 0.717) is 0 Å². The Morgan fingerprint density at radius 3 is 1.76 bits per heavy atom. The van der Waals surface area contributed by atoms with Gasteiger partial charge in [0.15, 0.2) is 5.82 Å². The van der Waals surface area contributed by atoms with Crippen LogP contribution in [-0.4, -0.2) is 56.8 Å². The molecule has 2 fully saturated rings. The minimum Gasteiger partial charge on any atom is -0.351 e. The molecule has 4 rings (SSSR count). The zero-order valence-corrected chi connectivity index (χ0v) is 18.5. The van der Waals surface area contributed by atoms with Crippen molar-refractivity contribution in [2.45, 2.75) is 81.7 Å². The molecule has 0 radical (unpaired) electrons. The Bertz CT molecular complexity index is 856. The van der Waals surface area contributed by atoms with Crippen LogP contribution in [-0.2, 0) is 0 Å². The summed E-state index contributed by atoms with van der Waals surface area (Å²) in [5.41, 5.74) is -0.161. The van der Waals surface area contributed by atoms with Gasteiger partial charge in [-0.15, -0.1) is 11.8 Å². The number of thioether (sulfide) groups is 1. The third kappa shape index (κ3) is 6.51. The van der Waals surface area contributed by atoms with Crippen LogP contribution >= 0.6 is 11.8 Å². The Morgan fingerprint density at radius 2 is 1.30 bits per heavy atom. The lowest BCUT2D eigenvalue weighted by molar-refractivity contribution is -0.0366. The van der Waals surface area contributed by atoms with E-state index in [2.05, 4.69) is 30.6 Å². The second-order valence-electron chi connectivity index (χ2n) is 8.57. The van der Waals surface area contributed by atoms with E-state index >= 15 is 0 Å². The van der Waals surface area contributed by atoms with Gasteiger partial charge in [-0.25, -0.2) is 31.3 Å². The van der Waals surface area contributed by atoms with Crippen molar-refractivity contribution in [3.05, 3.63) is 16.9 Å². The minimum atomic E-state index is -2.75. The van der Waals surface area contributed by atoms with E-state index in [1.165, 1.54) is 5.41 Å². The van der Waals surface area contributed by atoms with Gasteiger partial charge in [-0.2, -0.15) is 15.0 Å². The molecule has 33 heavy (non-hydrogen) atoms. The molecule has 0 aromatic carbocycles. The third-order valence-corrected chi connectivity index (χ3v) is 6.75. The zero-order valence-electron chi connectivity index (χ0n) is 17.6. The normalized spacial score (nSPS) is 23.7. The van der Waals surface area contributed by atoms with Gasteiger partial charge < -0.3 is 10.6 Å². The Morgan fingerprint density at radius 1 is 0.818 bits per heavy atom. The van der Waals surface area contributed by atoms with Crippen molar-refractivity contribution in [2.75, 3.05) is 16.4 Å². The number of hydrogen-bond acceptors (Lipinski definition) is 7. The number of nitrogens with zero attached hydrogens (tertiary/aromatic N) is 4. The van der Waals surface area contributed by atoms with Gasteiger partial charge in [0.25, 0.3) is 6.43 Å². The Hall–Kier alpha value is -2.05. The van der Waals surface area contributed by atoms with Crippen LogP contribution in [0.2, 0.25) is 0 Å². The van der Waals surface area contributed by atoms with Crippen LogP contribution in [0.25, 0.3) is 0 Å². The Labute approximate surface area is 191 Å². The van der Waals surface area contributed by atoms with Crippen LogP contribution in [0.3, 0.4) is 0 Å². The van der Waals surface area contributed by atoms with Crippen molar-refractivity contribution in [1.82, 2.24) is 15.0 Å². The van der Waals surface area contributed by atoms with Crippen LogP contribution in [0.5, 0.6) is 0 Å². The number of hydrogen-bond donors (Lipinski definition) is 2. The van der Waals surface area contributed by atoms with Gasteiger partial charge >= 0.3 is 0 Å². The second kappa shape index (κ2) is 9.67. The van der Waals surface area contributed by atoms with Crippen LogP contribution in [0.4, 0.5) is 38.2 Å². The van der Waals surface area contributed by atoms with Crippen LogP contribution in [0, 0.1) is 0 Å². The number of aromatic nitrogens is 3. The number of halogens is 6. The fourth-order valence-electron chi connectivity index (χ4n) is 4.00. The highest BCUT2D eigenvalue weighted by Crippen LogP contribution is 2.35. The molecule has 0 atom stereocenters. The van der Waals surface area contributed by atoms with E-state index in [0.717, 1.165) is 11.8 Å². The number of rotatable bonds is 6. The predicted molar refractivity (Wildman–Crippen MR) is 115 cm³/mol. The summed E-state index contributed by atoms with van der Waals surface area (Å²) in [6.45, 7) is 0. The van der Waals surface area contributed by atoms with Crippen molar-refractivity contribution in [3.8, 4) is 0 Å². The second-order valence-corrected chi connectivity index (χ2v) is 9.43. The first-order valence-electron chi connectivity index (χ1n) is 10.8. The smallest absolute Gasteiger partial charge is 0.280 e. The van der Waals surface area contributed by atoms with Crippen molar-refractivity contribution >= 4 is 29.4 Å². The molecule has 2 heterocycles. The maximum absolute atomic E-state index is 13.5. The Balaban J connectivity index is 1.56. The molecule has 0 unspecified atom stereocenters. The fraction of sp³-hybridized carbons (Fsp3) is 0.700. The topological polar surface area (TPSA) is 75.1 Å². The molecule has 3 aliphatic rings. The van der Waals surface area contributed by atoms with E-state index < -0.39 is 24.0 Å². The lowest BCUT2D eigenvalue weighted by Gasteiger charge is -2.30. The monoisotopic (exact) mass is 494 g/mol. The number of nitrogens with one attached hydrogen (secondary N) is 2. The van der Waals surface area contributed by atoms with E-state index in [9.17, 15) is 26.3 Å². The molecule has 2 N–H and O–H groups in total. The summed E-state index contributed by atoms with van der Waals surface area (Å²) in [6, 6.07) is -0.555. The number of alkyl halides is 6. The van der Waals surface area contributed by atoms with Gasteiger partial charge in [0.2, 0.25) is 23.7 Å². The van der Waals surface area contributed by atoms with E-state index in [1.807, 2.05) is 0 Å². The summed E-state index contributed by atoms with van der Waals surface area (Å²) in [6.07, 6.45) is -2.87. The van der Waals surface area contributed by atoms with Crippen LogP contribution in [0.15, 0.2) is 16.1 Å². The molecule has 182 valence electrons. The molecular weight excluding hydrogens is 470 g/mol. The summed E-state index contributed by atoms with van der Waals surface area (Å²) in [4.78, 5) is 16.9. The molecule has 2 aliphatic carbocycles. The molecule has 6 nitrogen and oxygen atoms in total. The van der Waals surface area contributed by atoms with E-state index in [4.69, 9.17) is 0 Å². The molecule has 1 aromatic rings. The Kier molecular flexibility index (Phi) is 7.06. The molecule has 1 aliphatic heterocycles. The highest BCUT2D eigenvalue weighted by molar-refractivity contribution is 8.02. The van der Waals surface area contributed by atoms with Gasteiger partial charge in [-0.05, 0) is 31.1 Å². The standard InChI is InChI=1S/C20H24F6N6S/c21-15(22)13-9-33-10-14(29-13)16-30-17(27-11-1-5-19(23,24)6-2-11)32-18(31-16)28-12-3-7-20(25,26)8-4-12/h9,11-12,15H,1-8,10H2,(H2,27,28,30,31,32). The largest absolute Gasteiger partial charge is 0.351 e. The maximum Gasteiger partial charge on any atom is 0.280 e. The van der Waals surface area contributed by atoms with Gasteiger partial charge in [-0.1, -0.05) is 0 Å². The summed E-state index contributed by atoms with van der Waals surface area (Å²) < 4.78 is 80.2. The van der Waals surface area contributed by atoms with E-state index in [1.54, 1.807) is 0 Å². The minimum absolute atomic E-state index is 0.0797. The molecule has 0 spiro atoms. The van der Waals surface area contributed by atoms with Gasteiger partial charge in [0.1, 0.15) is 5.70 Å². The first-order chi connectivity index (χ1) is 15.6. The molecule has 1 aromatic heterocycles. The highest BCUT2D eigenvalue weighted by Gasteiger charge is 2.36. The number of anilines is 2. The van der Waals surface area contributed by atoms with Crippen LogP contribution in [0.1, 0.15) is 57.2 Å². The molecular formula is C20H24F6N6S. The predicted octanol–water partition coefficient (Wildman–Crippen LogP) is 5.49. The summed E-state index contributed by atoms with van der Waals surface area (Å²) in [7, 11) is 0. The fourth-order valence-corrected chi connectivity index (χ4v) is 4.76. The first-order valence-corrected chi connectivity index (χ1v) is 11.9. The van der Waals surface area contributed by atoms with Crippen LogP contribution < -0.4 is 10.6 Å². The average Bonchev–Trinajstić information content (AvgIpc) is 2.77. The lowest BCUT2D eigenvalue weighted by atomic mass is 9.92. The van der Waals surface area contributed by atoms with Gasteiger partial charge in [0, 0.05) is 43.5 Å². The van der Waals surface area contributed by atoms with Crippen molar-refractivity contribution in [3.63, 3.8) is 0 Å². The van der Waals surface area contributed by atoms with Crippen molar-refractivity contribution in [2.24, 2.45) is 4.99 Å². The zero-order chi connectivity index (χ0) is 23.6. The molecule has 13 heteroatoms. The first kappa shape index (κ1) is 24.1. The number of aliphatic imine (C=N–C) groups is 1. The molecule has 2 saturated carbocycles. The lowest BCUT2D eigenvalue weighted by Crippen LogP contribution is -2.34. The number of allylic oxidation sites excluding steroid dienone is 1. The molecule has 0 saturated heterocycles. The summed E-state index contributed by atoms with van der Waals surface area (Å²) in [5, 5.41) is 7.36. The molecule has 0 amide bonds. The van der Waals surface area contributed by atoms with Crippen molar-refractivity contribution < 1.29 is 26.3 Å². The SMILES string of the molecule is FC(F)C1=CSCC(c2nc(NC3CCC(F)(F)CC3)nc(NC3CCC(F)(F)CC3)n2)=N1. The molecule has 0 bridgehead atoms. The maximum atomic E-state index is 13.5. The highest BCUT2D eigenvalue weighted by atomic mass is 32.2. The quantitative estimate of drug-likeness (QED) is 0.509. The summed E-state index contributed by atoms with van der Waals surface area (Å²) >= 11 is 1.14. The third-order valence-electron chi connectivity index (χ3n) is 5.91. The van der Waals surface area contributed by atoms with Crippen molar-refractivity contribution in [1.29, 1.82) is 0 Å². The van der Waals surface area contributed by atoms with Gasteiger partial charge in [-0.3, -0.25) is 0 Å². The summed E-state index contributed by atoms with van der Waals surface area (Å²) in [5.74, 6) is -4.81. The average molecular weight is 495 g/mol. The van der Waals surface area contributed by atoms with Gasteiger partial charge in [0.05, 0.1) is 5.71 Å². The van der Waals surface area contributed by atoms with E-state index in [-0.39, 0.29) is 92.6 Å².